The Morgan fingerprint density at radius 1 is 1.07 bits per heavy atom. The van der Waals surface area contributed by atoms with E-state index in [-0.39, 0.29) is 30.5 Å². The molecule has 3 N–H and O–H groups in total. The Balaban J connectivity index is 0.00000364. The van der Waals surface area contributed by atoms with Crippen LogP contribution >= 0.6 is 12.4 Å². The van der Waals surface area contributed by atoms with E-state index in [9.17, 15) is 13.2 Å². The molecule has 0 aromatic heterocycles. The standard InChI is InChI=1S/C19H24N2O4S.ClH/c1-26(23,24)12-11-18(20)19(22)21-13-15-7-9-17(10-8-15)25-14-16-5-3-2-4-6-16;/h2-10,18H,11-14,20H2,1H3,(H,21,22);1H. The van der Waals surface area contributed by atoms with Gasteiger partial charge >= 0.3 is 0 Å². The number of ether oxygens (including phenoxy) is 1. The number of amides is 1. The largest absolute Gasteiger partial charge is 0.489 e. The summed E-state index contributed by atoms with van der Waals surface area (Å²) in [6.45, 7) is 0.816. The monoisotopic (exact) mass is 412 g/mol. The smallest absolute Gasteiger partial charge is 0.237 e. The van der Waals surface area contributed by atoms with Gasteiger partial charge in [-0.05, 0) is 29.7 Å². The van der Waals surface area contributed by atoms with E-state index in [2.05, 4.69) is 5.32 Å². The molecule has 0 fully saturated rings. The first kappa shape index (κ1) is 23.0. The predicted octanol–water partition coefficient (Wildman–Crippen LogP) is 2.07. The van der Waals surface area contributed by atoms with Crippen LogP contribution in [-0.2, 0) is 27.8 Å². The molecule has 0 aliphatic rings. The third-order valence-corrected chi connectivity index (χ3v) is 4.75. The minimum atomic E-state index is -3.12. The van der Waals surface area contributed by atoms with Crippen molar-refractivity contribution in [1.29, 1.82) is 0 Å². The van der Waals surface area contributed by atoms with Crippen LogP contribution in [0.1, 0.15) is 17.5 Å². The highest BCUT2D eigenvalue weighted by Gasteiger charge is 2.15. The molecule has 1 unspecified atom stereocenters. The van der Waals surface area contributed by atoms with E-state index < -0.39 is 15.9 Å². The van der Waals surface area contributed by atoms with E-state index in [1.54, 1.807) is 0 Å². The second kappa shape index (κ2) is 10.9. The van der Waals surface area contributed by atoms with Gasteiger partial charge in [-0.2, -0.15) is 0 Å². The maximum Gasteiger partial charge on any atom is 0.237 e. The minimum absolute atomic E-state index is 0. The van der Waals surface area contributed by atoms with Gasteiger partial charge in [0.15, 0.2) is 0 Å². The lowest BCUT2D eigenvalue weighted by atomic mass is 10.2. The summed E-state index contributed by atoms with van der Waals surface area (Å²) in [6, 6.07) is 16.5. The molecule has 6 nitrogen and oxygen atoms in total. The molecule has 2 rings (SSSR count). The SMILES string of the molecule is CS(=O)(=O)CCC(N)C(=O)NCc1ccc(OCc2ccccc2)cc1.Cl. The fourth-order valence-electron chi connectivity index (χ4n) is 2.24. The summed E-state index contributed by atoms with van der Waals surface area (Å²) in [6.07, 6.45) is 1.23. The summed E-state index contributed by atoms with van der Waals surface area (Å²) in [5.74, 6) is 0.279. The number of sulfone groups is 1. The number of halogens is 1. The van der Waals surface area contributed by atoms with Crippen LogP contribution in [0.15, 0.2) is 54.6 Å². The molecule has 1 atom stereocenters. The third-order valence-electron chi connectivity index (χ3n) is 3.77. The van der Waals surface area contributed by atoms with Crippen molar-refractivity contribution in [3.63, 3.8) is 0 Å². The van der Waals surface area contributed by atoms with Crippen molar-refractivity contribution in [3.05, 3.63) is 65.7 Å². The van der Waals surface area contributed by atoms with Crippen LogP contribution < -0.4 is 15.8 Å². The molecule has 2 aromatic carbocycles. The number of carbonyl (C=O) groups is 1. The summed E-state index contributed by atoms with van der Waals surface area (Å²) >= 11 is 0. The van der Waals surface area contributed by atoms with Gasteiger partial charge in [-0.3, -0.25) is 4.79 Å². The van der Waals surface area contributed by atoms with E-state index in [4.69, 9.17) is 10.5 Å². The zero-order valence-corrected chi connectivity index (χ0v) is 16.8. The molecule has 8 heteroatoms. The van der Waals surface area contributed by atoms with E-state index in [1.165, 1.54) is 0 Å². The average Bonchev–Trinajstić information content (AvgIpc) is 2.63. The Morgan fingerprint density at radius 3 is 2.30 bits per heavy atom. The van der Waals surface area contributed by atoms with Crippen LogP contribution in [-0.4, -0.2) is 32.4 Å². The molecule has 148 valence electrons. The van der Waals surface area contributed by atoms with Crippen molar-refractivity contribution in [1.82, 2.24) is 5.32 Å². The molecule has 0 spiro atoms. The van der Waals surface area contributed by atoms with Gasteiger partial charge in [-0.1, -0.05) is 42.5 Å². The zero-order chi connectivity index (χ0) is 19.0. The van der Waals surface area contributed by atoms with Gasteiger partial charge in [0.05, 0.1) is 11.8 Å². The minimum Gasteiger partial charge on any atom is -0.489 e. The van der Waals surface area contributed by atoms with Crippen LogP contribution in [0.3, 0.4) is 0 Å². The van der Waals surface area contributed by atoms with E-state index >= 15 is 0 Å². The molecule has 2 aromatic rings. The number of hydrogen-bond donors (Lipinski definition) is 2. The van der Waals surface area contributed by atoms with Crippen LogP contribution in [0.25, 0.3) is 0 Å². The van der Waals surface area contributed by atoms with Gasteiger partial charge in [0.1, 0.15) is 22.2 Å². The first-order valence-corrected chi connectivity index (χ1v) is 10.4. The van der Waals surface area contributed by atoms with E-state index in [0.29, 0.717) is 13.2 Å². The molecule has 0 saturated heterocycles. The number of hydrogen-bond acceptors (Lipinski definition) is 5. The molecule has 1 amide bonds. The molecule has 0 bridgehead atoms. The first-order valence-electron chi connectivity index (χ1n) is 8.30. The first-order chi connectivity index (χ1) is 12.3. The quantitative estimate of drug-likeness (QED) is 0.656. The Bertz CT molecular complexity index is 811. The van der Waals surface area contributed by atoms with Crippen molar-refractivity contribution in [2.45, 2.75) is 25.6 Å². The molecular weight excluding hydrogens is 388 g/mol. The summed E-state index contributed by atoms with van der Waals surface area (Å²) < 4.78 is 27.9. The highest BCUT2D eigenvalue weighted by molar-refractivity contribution is 7.90. The lowest BCUT2D eigenvalue weighted by molar-refractivity contribution is -0.122. The van der Waals surface area contributed by atoms with Crippen molar-refractivity contribution in [2.24, 2.45) is 5.73 Å². The summed E-state index contributed by atoms with van der Waals surface area (Å²) in [5, 5.41) is 2.71. The lowest BCUT2D eigenvalue weighted by Gasteiger charge is -2.12. The molecule has 0 heterocycles. The van der Waals surface area contributed by atoms with Crippen molar-refractivity contribution >= 4 is 28.2 Å². The summed E-state index contributed by atoms with van der Waals surface area (Å²) in [7, 11) is -3.12. The van der Waals surface area contributed by atoms with Crippen molar-refractivity contribution in [2.75, 3.05) is 12.0 Å². The highest BCUT2D eigenvalue weighted by Crippen LogP contribution is 2.14. The van der Waals surface area contributed by atoms with E-state index in [0.717, 1.165) is 23.1 Å². The Morgan fingerprint density at radius 2 is 1.70 bits per heavy atom. The molecule has 27 heavy (non-hydrogen) atoms. The molecule has 0 saturated carbocycles. The van der Waals surface area contributed by atoms with Crippen LogP contribution in [0.5, 0.6) is 5.75 Å². The third kappa shape index (κ3) is 8.90. The number of benzene rings is 2. The maximum atomic E-state index is 11.9. The summed E-state index contributed by atoms with van der Waals surface area (Å²) in [5.41, 5.74) is 7.70. The average molecular weight is 413 g/mol. The van der Waals surface area contributed by atoms with Crippen LogP contribution in [0, 0.1) is 0 Å². The fourth-order valence-corrected chi connectivity index (χ4v) is 2.92. The van der Waals surface area contributed by atoms with Gasteiger partial charge in [0.25, 0.3) is 0 Å². The van der Waals surface area contributed by atoms with Crippen LogP contribution in [0.4, 0.5) is 0 Å². The van der Waals surface area contributed by atoms with Crippen molar-refractivity contribution < 1.29 is 17.9 Å². The second-order valence-electron chi connectivity index (χ2n) is 6.16. The van der Waals surface area contributed by atoms with Gasteiger partial charge in [-0.25, -0.2) is 8.42 Å². The Hall–Kier alpha value is -2.09. The Labute approximate surface area is 166 Å². The molecular formula is C19H25ClN2O4S. The topological polar surface area (TPSA) is 98.5 Å². The maximum absolute atomic E-state index is 11.9. The van der Waals surface area contributed by atoms with Crippen LogP contribution in [0.2, 0.25) is 0 Å². The predicted molar refractivity (Wildman–Crippen MR) is 109 cm³/mol. The summed E-state index contributed by atoms with van der Waals surface area (Å²) in [4.78, 5) is 11.9. The number of rotatable bonds is 9. The van der Waals surface area contributed by atoms with E-state index in [1.807, 2.05) is 54.6 Å². The van der Waals surface area contributed by atoms with Gasteiger partial charge in [0.2, 0.25) is 5.91 Å². The van der Waals surface area contributed by atoms with Crippen molar-refractivity contribution in [3.8, 4) is 5.75 Å². The van der Waals surface area contributed by atoms with Gasteiger partial charge in [0, 0.05) is 12.8 Å². The second-order valence-corrected chi connectivity index (χ2v) is 8.42. The van der Waals surface area contributed by atoms with Gasteiger partial charge < -0.3 is 15.8 Å². The molecule has 0 radical (unpaired) electrons. The number of nitrogens with one attached hydrogen (secondary N) is 1. The fraction of sp³-hybridized carbons (Fsp3) is 0.316. The zero-order valence-electron chi connectivity index (χ0n) is 15.1. The number of nitrogens with two attached hydrogens (primary N) is 1. The highest BCUT2D eigenvalue weighted by atomic mass is 35.5. The molecule has 0 aliphatic heterocycles. The Kier molecular flexibility index (Phi) is 9.28. The molecule has 0 aliphatic carbocycles. The van der Waals surface area contributed by atoms with Gasteiger partial charge in [-0.15, -0.1) is 12.4 Å². The number of carbonyl (C=O) groups excluding carboxylic acids is 1. The lowest BCUT2D eigenvalue weighted by Crippen LogP contribution is -2.41. The normalized spacial score (nSPS) is 11.9.